The Morgan fingerprint density at radius 1 is 0.923 bits per heavy atom. The summed E-state index contributed by atoms with van der Waals surface area (Å²) in [5.41, 5.74) is 13.7. The van der Waals surface area contributed by atoms with Gasteiger partial charge in [0, 0.05) is 28.8 Å². The Kier molecular flexibility index (Phi) is 7.96. The number of halogens is 3. The van der Waals surface area contributed by atoms with E-state index in [1.807, 2.05) is 0 Å². The number of hydrogen-bond acceptors (Lipinski definition) is 8. The van der Waals surface area contributed by atoms with Gasteiger partial charge in [0.15, 0.2) is 0 Å². The summed E-state index contributed by atoms with van der Waals surface area (Å²) < 4.78 is 52.6. The standard InChI is InChI=1S/C27H24F3N5O4/c1-38-22-4-2-3-20(33-22)16-9-11-18(12-10-16)24(27(28,29)30)39-23-14-21(34-26(32)35-23)17-7-5-15(6-8-17)13-19(31)25(36)37/h2-12,14,19,24H,13,31H2,1H3,(H,36,37)(H2,32,34,35)/t19?,24-/m0/s1. The molecule has 2 atom stereocenters. The zero-order chi connectivity index (χ0) is 28.2. The summed E-state index contributed by atoms with van der Waals surface area (Å²) in [6.45, 7) is 0. The molecule has 0 fully saturated rings. The Bertz CT molecular complexity index is 1450. The maximum Gasteiger partial charge on any atom is 0.429 e. The summed E-state index contributed by atoms with van der Waals surface area (Å²) in [7, 11) is 1.47. The number of hydrogen-bond donors (Lipinski definition) is 3. The predicted molar refractivity (Wildman–Crippen MR) is 137 cm³/mol. The summed E-state index contributed by atoms with van der Waals surface area (Å²) in [6, 6.07) is 17.5. The summed E-state index contributed by atoms with van der Waals surface area (Å²) in [6.07, 6.45) is -6.98. The van der Waals surface area contributed by atoms with E-state index in [9.17, 15) is 18.0 Å². The van der Waals surface area contributed by atoms with Crippen LogP contribution in [-0.4, -0.2) is 45.4 Å². The highest BCUT2D eigenvalue weighted by Gasteiger charge is 2.43. The first-order valence-electron chi connectivity index (χ1n) is 11.6. The van der Waals surface area contributed by atoms with Crippen LogP contribution in [0.15, 0.2) is 72.8 Å². The van der Waals surface area contributed by atoms with Crippen LogP contribution >= 0.6 is 0 Å². The third kappa shape index (κ3) is 6.79. The number of anilines is 1. The number of aromatic nitrogens is 3. The van der Waals surface area contributed by atoms with E-state index in [0.29, 0.717) is 28.3 Å². The number of nitrogen functional groups attached to an aromatic ring is 1. The molecular formula is C27H24F3N5O4. The summed E-state index contributed by atoms with van der Waals surface area (Å²) in [4.78, 5) is 23.2. The van der Waals surface area contributed by atoms with Gasteiger partial charge >= 0.3 is 12.1 Å². The molecule has 9 nitrogen and oxygen atoms in total. The van der Waals surface area contributed by atoms with Gasteiger partial charge in [-0.1, -0.05) is 54.6 Å². The minimum Gasteiger partial charge on any atom is -0.481 e. The topological polar surface area (TPSA) is 146 Å². The highest BCUT2D eigenvalue weighted by molar-refractivity contribution is 5.73. The number of ether oxygens (including phenoxy) is 2. The van der Waals surface area contributed by atoms with Gasteiger partial charge in [-0.2, -0.15) is 18.2 Å². The van der Waals surface area contributed by atoms with Crippen LogP contribution in [0.3, 0.4) is 0 Å². The average Bonchev–Trinajstić information content (AvgIpc) is 2.91. The molecule has 2 aromatic carbocycles. The van der Waals surface area contributed by atoms with Crippen molar-refractivity contribution in [2.45, 2.75) is 24.7 Å². The SMILES string of the molecule is COc1cccc(-c2ccc([C@H](Oc3cc(-c4ccc(CC(N)C(=O)O)cc4)nc(N)n3)C(F)(F)F)cc2)n1. The lowest BCUT2D eigenvalue weighted by Gasteiger charge is -2.22. The first kappa shape index (κ1) is 27.3. The zero-order valence-electron chi connectivity index (χ0n) is 20.6. The van der Waals surface area contributed by atoms with Crippen LogP contribution in [0.5, 0.6) is 11.8 Å². The van der Waals surface area contributed by atoms with Crippen LogP contribution in [0.1, 0.15) is 17.2 Å². The lowest BCUT2D eigenvalue weighted by atomic mass is 10.0. The van der Waals surface area contributed by atoms with Crippen molar-refractivity contribution in [2.24, 2.45) is 5.73 Å². The van der Waals surface area contributed by atoms with Gasteiger partial charge in [0.2, 0.25) is 23.8 Å². The number of rotatable bonds is 9. The smallest absolute Gasteiger partial charge is 0.429 e. The Morgan fingerprint density at radius 3 is 2.18 bits per heavy atom. The molecule has 0 aliphatic carbocycles. The number of carboxylic acids is 1. The van der Waals surface area contributed by atoms with Crippen molar-refractivity contribution in [1.82, 2.24) is 15.0 Å². The highest BCUT2D eigenvalue weighted by atomic mass is 19.4. The summed E-state index contributed by atoms with van der Waals surface area (Å²) in [5, 5.41) is 8.98. The number of pyridine rings is 1. The second-order valence-corrected chi connectivity index (χ2v) is 8.52. The van der Waals surface area contributed by atoms with Gasteiger partial charge in [0.25, 0.3) is 0 Å². The number of alkyl halides is 3. The quantitative estimate of drug-likeness (QED) is 0.281. The average molecular weight is 540 g/mol. The molecule has 4 rings (SSSR count). The van der Waals surface area contributed by atoms with Crippen LogP contribution in [-0.2, 0) is 11.2 Å². The maximum absolute atomic E-state index is 14.1. The molecule has 0 amide bonds. The van der Waals surface area contributed by atoms with Gasteiger partial charge in [0.1, 0.15) is 6.04 Å². The highest BCUT2D eigenvalue weighted by Crippen LogP contribution is 2.38. The van der Waals surface area contributed by atoms with Gasteiger partial charge < -0.3 is 26.0 Å². The number of benzene rings is 2. The summed E-state index contributed by atoms with van der Waals surface area (Å²) in [5.74, 6) is -1.39. The predicted octanol–water partition coefficient (Wildman–Crippen LogP) is 4.43. The number of nitrogens with zero attached hydrogens (tertiary/aromatic N) is 3. The third-order valence-corrected chi connectivity index (χ3v) is 5.72. The molecule has 0 saturated carbocycles. The fourth-order valence-corrected chi connectivity index (χ4v) is 3.77. The fourth-order valence-electron chi connectivity index (χ4n) is 3.77. The van der Waals surface area contributed by atoms with Crippen LogP contribution in [0.4, 0.5) is 19.1 Å². The molecule has 0 aliphatic heterocycles. The van der Waals surface area contributed by atoms with Crippen molar-refractivity contribution in [3.63, 3.8) is 0 Å². The van der Waals surface area contributed by atoms with Crippen LogP contribution < -0.4 is 20.9 Å². The number of nitrogens with two attached hydrogens (primary N) is 2. The molecule has 12 heteroatoms. The molecule has 39 heavy (non-hydrogen) atoms. The van der Waals surface area contributed by atoms with Crippen LogP contribution in [0.2, 0.25) is 0 Å². The van der Waals surface area contributed by atoms with Crippen molar-refractivity contribution >= 4 is 11.9 Å². The van der Waals surface area contributed by atoms with Gasteiger partial charge in [0.05, 0.1) is 18.5 Å². The van der Waals surface area contributed by atoms with E-state index in [-0.39, 0.29) is 29.5 Å². The lowest BCUT2D eigenvalue weighted by molar-refractivity contribution is -0.198. The molecule has 202 valence electrons. The van der Waals surface area contributed by atoms with Gasteiger partial charge in [-0.15, -0.1) is 0 Å². The zero-order valence-corrected chi connectivity index (χ0v) is 20.6. The Hall–Kier alpha value is -4.71. The molecule has 4 aromatic rings. The second kappa shape index (κ2) is 11.4. The van der Waals surface area contributed by atoms with Crippen LogP contribution in [0, 0.1) is 0 Å². The van der Waals surface area contributed by atoms with E-state index >= 15 is 0 Å². The normalized spacial score (nSPS) is 12.9. The number of carbonyl (C=O) groups is 1. The molecule has 1 unspecified atom stereocenters. The molecule has 5 N–H and O–H groups in total. The minimum atomic E-state index is -4.76. The number of carboxylic acid groups (broad SMARTS) is 1. The minimum absolute atomic E-state index is 0.107. The lowest BCUT2D eigenvalue weighted by Crippen LogP contribution is -2.32. The number of aliphatic carboxylic acids is 1. The Morgan fingerprint density at radius 2 is 1.56 bits per heavy atom. The first-order valence-corrected chi connectivity index (χ1v) is 11.6. The van der Waals surface area contributed by atoms with Crippen molar-refractivity contribution in [3.05, 3.63) is 83.9 Å². The molecule has 2 aromatic heterocycles. The van der Waals surface area contributed by atoms with E-state index in [4.69, 9.17) is 26.0 Å². The van der Waals surface area contributed by atoms with Gasteiger partial charge in [-0.05, 0) is 18.1 Å². The fraction of sp³-hybridized carbons (Fsp3) is 0.185. The molecular weight excluding hydrogens is 515 g/mol. The van der Waals surface area contributed by atoms with E-state index < -0.39 is 24.3 Å². The van der Waals surface area contributed by atoms with E-state index in [1.165, 1.54) is 37.4 Å². The second-order valence-electron chi connectivity index (χ2n) is 8.52. The van der Waals surface area contributed by atoms with Crippen molar-refractivity contribution in [1.29, 1.82) is 0 Å². The molecule has 0 bridgehead atoms. The first-order chi connectivity index (χ1) is 18.5. The Labute approximate surface area is 221 Å². The van der Waals surface area contributed by atoms with Gasteiger partial charge in [-0.25, -0.2) is 9.97 Å². The molecule has 0 aliphatic rings. The number of methoxy groups -OCH3 is 1. The van der Waals surface area contributed by atoms with Crippen molar-refractivity contribution in [2.75, 3.05) is 12.8 Å². The van der Waals surface area contributed by atoms with Gasteiger partial charge in [-0.3, -0.25) is 4.79 Å². The van der Waals surface area contributed by atoms with Crippen molar-refractivity contribution < 1.29 is 32.5 Å². The molecule has 0 saturated heterocycles. The maximum atomic E-state index is 14.1. The summed E-state index contributed by atoms with van der Waals surface area (Å²) >= 11 is 0. The van der Waals surface area contributed by atoms with E-state index in [0.717, 1.165) is 0 Å². The Balaban J connectivity index is 1.58. The third-order valence-electron chi connectivity index (χ3n) is 5.72. The van der Waals surface area contributed by atoms with Crippen LogP contribution in [0.25, 0.3) is 22.5 Å². The molecule has 0 spiro atoms. The monoisotopic (exact) mass is 539 g/mol. The molecule has 0 radical (unpaired) electrons. The van der Waals surface area contributed by atoms with E-state index in [2.05, 4.69) is 15.0 Å². The van der Waals surface area contributed by atoms with Crippen molar-refractivity contribution in [3.8, 4) is 34.3 Å². The van der Waals surface area contributed by atoms with E-state index in [1.54, 1.807) is 42.5 Å². The largest absolute Gasteiger partial charge is 0.481 e. The molecule has 2 heterocycles.